The molecule has 0 unspecified atom stereocenters. The summed E-state index contributed by atoms with van der Waals surface area (Å²) in [6.45, 7) is 6.38. The Morgan fingerprint density at radius 1 is 1.50 bits per heavy atom. The van der Waals surface area contributed by atoms with Crippen LogP contribution in [0.15, 0.2) is 30.6 Å². The van der Waals surface area contributed by atoms with Gasteiger partial charge in [-0.15, -0.1) is 0 Å². The summed E-state index contributed by atoms with van der Waals surface area (Å²) in [6.07, 6.45) is 3.18. The number of nitrogens with zero attached hydrogens (tertiary/aromatic N) is 2. The van der Waals surface area contributed by atoms with Gasteiger partial charge in [0, 0.05) is 12.4 Å². The van der Waals surface area contributed by atoms with Gasteiger partial charge in [0.1, 0.15) is 6.34 Å². The topological polar surface area (TPSA) is 15.6 Å². The lowest BCUT2D eigenvalue weighted by Gasteiger charge is -1.93. The van der Waals surface area contributed by atoms with Crippen molar-refractivity contribution in [3.05, 3.63) is 25.6 Å². The largest absolute Gasteiger partial charge is 0.245 e. The fourth-order valence-electron chi connectivity index (χ4n) is 0.158. The molecule has 44 valence electrons. The molecule has 2 nitrogen and oxygen atoms in total. The first kappa shape index (κ1) is 6.88. The average Bonchev–Trinajstić information content (AvgIpc) is 1.83. The Morgan fingerprint density at radius 3 is 2.50 bits per heavy atom. The Labute approximate surface area is 47.6 Å². The molecule has 8 heavy (non-hydrogen) atoms. The first-order valence-corrected chi connectivity index (χ1v) is 2.02. The van der Waals surface area contributed by atoms with Crippen LogP contribution in [-0.4, -0.2) is 11.5 Å². The highest BCUT2D eigenvalue weighted by Crippen LogP contribution is 1.81. The molecule has 0 heterocycles. The second kappa shape index (κ2) is 4.05. The lowest BCUT2D eigenvalue weighted by Crippen LogP contribution is -1.98. The van der Waals surface area contributed by atoms with Crippen molar-refractivity contribution in [1.29, 1.82) is 0 Å². The molecule has 0 amide bonds. The molecular weight excluding hydrogens is 107 g/mol. The first-order chi connectivity index (χ1) is 3.81. The summed E-state index contributed by atoms with van der Waals surface area (Å²) in [7, 11) is 0. The summed E-state index contributed by atoms with van der Waals surface area (Å²) in [6, 6.07) is 0. The van der Waals surface area contributed by atoms with Crippen molar-refractivity contribution in [3.63, 3.8) is 0 Å². The summed E-state index contributed by atoms with van der Waals surface area (Å²) in [4.78, 5) is 3.36. The van der Waals surface area contributed by atoms with Crippen LogP contribution in [-0.2, 0) is 0 Å². The van der Waals surface area contributed by atoms with Crippen LogP contribution in [0.25, 0.3) is 0 Å². The highest BCUT2D eigenvalue weighted by Gasteiger charge is 1.80. The Hall–Kier alpha value is -1.12. The van der Waals surface area contributed by atoms with E-state index in [2.05, 4.69) is 18.2 Å². The molecule has 0 bridgehead atoms. The van der Waals surface area contributed by atoms with Gasteiger partial charge < -0.3 is 0 Å². The predicted octanol–water partition coefficient (Wildman–Crippen LogP) is 1.49. The molecule has 0 N–H and O–H groups in total. The van der Waals surface area contributed by atoms with Crippen molar-refractivity contribution in [2.75, 3.05) is 0 Å². The number of rotatable bonds is 3. The summed E-state index contributed by atoms with van der Waals surface area (Å²) in [5.74, 6) is 0. The molecule has 3 heteroatoms. The van der Waals surface area contributed by atoms with E-state index in [1.54, 1.807) is 0 Å². The standard InChI is InChI=1S/C5H7FN2/c1-3-7-5-8(6)4-2/h3-5H,1-2H2/b7-5-. The number of halogens is 1. The van der Waals surface area contributed by atoms with Crippen LogP contribution in [0.4, 0.5) is 4.48 Å². The molecule has 0 spiro atoms. The van der Waals surface area contributed by atoms with Gasteiger partial charge in [-0.05, 0) is 0 Å². The zero-order valence-electron chi connectivity index (χ0n) is 4.42. The van der Waals surface area contributed by atoms with E-state index in [-0.39, 0.29) is 5.12 Å². The van der Waals surface area contributed by atoms with E-state index >= 15 is 0 Å². The molecule has 0 fully saturated rings. The molecule has 0 aliphatic rings. The molecule has 0 atom stereocenters. The molecule has 0 aromatic rings. The van der Waals surface area contributed by atoms with Gasteiger partial charge in [-0.3, -0.25) is 0 Å². The zero-order valence-corrected chi connectivity index (χ0v) is 4.42. The maximum Gasteiger partial charge on any atom is 0.126 e. The van der Waals surface area contributed by atoms with Crippen molar-refractivity contribution in [2.45, 2.75) is 0 Å². The van der Waals surface area contributed by atoms with E-state index in [1.807, 2.05) is 0 Å². The van der Waals surface area contributed by atoms with Crippen molar-refractivity contribution in [2.24, 2.45) is 4.99 Å². The fourth-order valence-corrected chi connectivity index (χ4v) is 0.158. The minimum absolute atomic E-state index is 0.238. The van der Waals surface area contributed by atoms with Crippen LogP contribution in [0, 0.1) is 0 Å². The summed E-state index contributed by atoms with van der Waals surface area (Å²) < 4.78 is 11.8. The van der Waals surface area contributed by atoms with Crippen molar-refractivity contribution in [3.8, 4) is 0 Å². The molecule has 0 radical (unpaired) electrons. The van der Waals surface area contributed by atoms with E-state index in [4.69, 9.17) is 0 Å². The Bertz CT molecular complexity index is 109. The van der Waals surface area contributed by atoms with E-state index < -0.39 is 0 Å². The summed E-state index contributed by atoms with van der Waals surface area (Å²) in [5, 5.41) is 0.238. The second-order valence-electron chi connectivity index (χ2n) is 0.974. The van der Waals surface area contributed by atoms with Crippen LogP contribution in [0.1, 0.15) is 0 Å². The second-order valence-corrected chi connectivity index (χ2v) is 0.974. The number of hydrogen-bond acceptors (Lipinski definition) is 1. The number of hydrogen-bond donors (Lipinski definition) is 0. The van der Waals surface area contributed by atoms with Gasteiger partial charge >= 0.3 is 0 Å². The molecule has 0 aliphatic heterocycles. The van der Waals surface area contributed by atoms with E-state index in [0.717, 1.165) is 12.5 Å². The third-order valence-corrected chi connectivity index (χ3v) is 0.457. The third kappa shape index (κ3) is 3.08. The van der Waals surface area contributed by atoms with Crippen LogP contribution in [0.2, 0.25) is 0 Å². The fraction of sp³-hybridized carbons (Fsp3) is 0. The van der Waals surface area contributed by atoms with Crippen LogP contribution >= 0.6 is 0 Å². The lowest BCUT2D eigenvalue weighted by molar-refractivity contribution is 0.201. The van der Waals surface area contributed by atoms with Gasteiger partial charge in [-0.1, -0.05) is 17.6 Å². The maximum absolute atomic E-state index is 11.8. The van der Waals surface area contributed by atoms with Crippen LogP contribution in [0.3, 0.4) is 0 Å². The van der Waals surface area contributed by atoms with Gasteiger partial charge in [0.2, 0.25) is 0 Å². The Balaban J connectivity index is 3.50. The minimum Gasteiger partial charge on any atom is -0.245 e. The van der Waals surface area contributed by atoms with Gasteiger partial charge in [-0.25, -0.2) is 4.99 Å². The maximum atomic E-state index is 11.8. The zero-order chi connectivity index (χ0) is 6.41. The van der Waals surface area contributed by atoms with Crippen molar-refractivity contribution >= 4 is 6.34 Å². The summed E-state index contributed by atoms with van der Waals surface area (Å²) >= 11 is 0. The summed E-state index contributed by atoms with van der Waals surface area (Å²) in [5.41, 5.74) is 0. The quantitative estimate of drug-likeness (QED) is 0.308. The normalized spacial score (nSPS) is 9.12. The Morgan fingerprint density at radius 2 is 2.12 bits per heavy atom. The molecular formula is C5H7FN2. The van der Waals surface area contributed by atoms with E-state index in [1.165, 1.54) is 6.20 Å². The highest BCUT2D eigenvalue weighted by molar-refractivity contribution is 5.55. The molecule has 0 aromatic carbocycles. The highest BCUT2D eigenvalue weighted by atomic mass is 19.2. The van der Waals surface area contributed by atoms with Gasteiger partial charge in [0.15, 0.2) is 0 Å². The van der Waals surface area contributed by atoms with Crippen molar-refractivity contribution < 1.29 is 4.48 Å². The lowest BCUT2D eigenvalue weighted by atomic mass is 10.9. The molecule has 0 aromatic heterocycles. The minimum atomic E-state index is 0.238. The number of aliphatic imine (C=N–C) groups is 1. The molecule has 0 aliphatic carbocycles. The monoisotopic (exact) mass is 114 g/mol. The van der Waals surface area contributed by atoms with E-state index in [9.17, 15) is 4.48 Å². The van der Waals surface area contributed by atoms with Crippen molar-refractivity contribution in [1.82, 2.24) is 5.12 Å². The first-order valence-electron chi connectivity index (χ1n) is 2.02. The van der Waals surface area contributed by atoms with Gasteiger partial charge in [-0.2, -0.15) is 5.12 Å². The van der Waals surface area contributed by atoms with Crippen LogP contribution in [0.5, 0.6) is 0 Å². The van der Waals surface area contributed by atoms with Crippen LogP contribution < -0.4 is 0 Å². The third-order valence-electron chi connectivity index (χ3n) is 0.457. The smallest absolute Gasteiger partial charge is 0.126 e. The SMILES string of the molecule is C=C/N=C\N(F)C=C. The van der Waals surface area contributed by atoms with Gasteiger partial charge in [0.25, 0.3) is 0 Å². The molecule has 0 saturated heterocycles. The van der Waals surface area contributed by atoms with Gasteiger partial charge in [0.05, 0.1) is 0 Å². The average molecular weight is 114 g/mol. The Kier molecular flexibility index (Phi) is 3.48. The van der Waals surface area contributed by atoms with E-state index in [0.29, 0.717) is 0 Å². The molecule has 0 rings (SSSR count). The predicted molar refractivity (Wildman–Crippen MR) is 31.8 cm³/mol. The molecule has 0 saturated carbocycles.